The lowest BCUT2D eigenvalue weighted by molar-refractivity contribution is -0.386. The van der Waals surface area contributed by atoms with E-state index >= 15 is 0 Å². The average molecular weight is 221 g/mol. The van der Waals surface area contributed by atoms with Crippen molar-refractivity contribution >= 4 is 5.69 Å². The summed E-state index contributed by atoms with van der Waals surface area (Å²) in [6, 6.07) is 1.57. The fraction of sp³-hybridized carbons (Fsp3) is 0.545. The van der Waals surface area contributed by atoms with E-state index in [1.807, 2.05) is 0 Å². The Kier molecular flexibility index (Phi) is 2.87. The van der Waals surface area contributed by atoms with Gasteiger partial charge in [0, 0.05) is 24.7 Å². The highest BCUT2D eigenvalue weighted by Gasteiger charge is 2.30. The Morgan fingerprint density at radius 3 is 2.94 bits per heavy atom. The Labute approximate surface area is 93.8 Å². The summed E-state index contributed by atoms with van der Waals surface area (Å²) in [4.78, 5) is 14.6. The molecular formula is C11H15N3O2. The molecule has 2 N–H and O–H groups in total. The molecular weight excluding hydrogens is 206 g/mol. The first kappa shape index (κ1) is 11.0. The summed E-state index contributed by atoms with van der Waals surface area (Å²) in [5.74, 6) is 0.530. The van der Waals surface area contributed by atoms with Gasteiger partial charge in [0.2, 0.25) is 0 Å². The Bertz CT molecular complexity index is 416. The lowest BCUT2D eigenvalue weighted by atomic mass is 10.1. The maximum absolute atomic E-state index is 10.9. The van der Waals surface area contributed by atoms with Crippen LogP contribution in [-0.2, 0) is 6.42 Å². The number of pyridine rings is 1. The summed E-state index contributed by atoms with van der Waals surface area (Å²) < 4.78 is 0. The molecule has 1 fully saturated rings. The minimum atomic E-state index is -0.380. The van der Waals surface area contributed by atoms with Crippen molar-refractivity contribution in [2.45, 2.75) is 32.2 Å². The van der Waals surface area contributed by atoms with Crippen LogP contribution in [0.5, 0.6) is 0 Å². The predicted octanol–water partition coefficient (Wildman–Crippen LogP) is 1.58. The molecule has 0 spiro atoms. The molecule has 1 unspecified atom stereocenters. The van der Waals surface area contributed by atoms with E-state index in [0.717, 1.165) is 18.4 Å². The van der Waals surface area contributed by atoms with Crippen LogP contribution in [0.25, 0.3) is 0 Å². The monoisotopic (exact) mass is 221 g/mol. The number of rotatable bonds is 4. The summed E-state index contributed by atoms with van der Waals surface area (Å²) >= 11 is 0. The second-order valence-electron chi connectivity index (χ2n) is 4.44. The molecule has 0 aromatic carbocycles. The second-order valence-corrected chi connectivity index (χ2v) is 4.44. The Morgan fingerprint density at radius 1 is 1.69 bits per heavy atom. The van der Waals surface area contributed by atoms with Crippen molar-refractivity contribution in [1.82, 2.24) is 4.98 Å². The van der Waals surface area contributed by atoms with E-state index in [1.165, 1.54) is 0 Å². The molecule has 1 aromatic heterocycles. The molecule has 0 amide bonds. The SMILES string of the molecule is Cc1cnc(CC(N)C2CC2)c([N+](=O)[O-])c1. The van der Waals surface area contributed by atoms with Crippen molar-refractivity contribution in [2.24, 2.45) is 11.7 Å². The number of nitrogens with two attached hydrogens (primary N) is 1. The standard InChI is InChI=1S/C11H15N3O2/c1-7-4-11(14(15)16)10(13-6-7)5-9(12)8-2-3-8/h4,6,8-9H,2-3,5,12H2,1H3. The number of aromatic nitrogens is 1. The molecule has 0 radical (unpaired) electrons. The van der Waals surface area contributed by atoms with E-state index in [2.05, 4.69) is 4.98 Å². The first-order valence-corrected chi connectivity index (χ1v) is 5.43. The number of hydrogen-bond donors (Lipinski definition) is 1. The Hall–Kier alpha value is -1.49. The molecule has 16 heavy (non-hydrogen) atoms. The summed E-state index contributed by atoms with van der Waals surface area (Å²) in [6.07, 6.45) is 4.44. The van der Waals surface area contributed by atoms with E-state index in [0.29, 0.717) is 18.0 Å². The van der Waals surface area contributed by atoms with Crippen LogP contribution in [0.4, 0.5) is 5.69 Å². The van der Waals surface area contributed by atoms with Crippen LogP contribution in [-0.4, -0.2) is 15.9 Å². The highest BCUT2D eigenvalue weighted by Crippen LogP contribution is 2.33. The zero-order valence-corrected chi connectivity index (χ0v) is 9.22. The largest absolute Gasteiger partial charge is 0.327 e. The molecule has 2 rings (SSSR count). The van der Waals surface area contributed by atoms with Gasteiger partial charge in [-0.1, -0.05) is 0 Å². The van der Waals surface area contributed by atoms with Crippen molar-refractivity contribution in [3.63, 3.8) is 0 Å². The van der Waals surface area contributed by atoms with E-state index in [1.54, 1.807) is 19.2 Å². The maximum Gasteiger partial charge on any atom is 0.291 e. The lowest BCUT2D eigenvalue weighted by Gasteiger charge is -2.09. The molecule has 1 atom stereocenters. The van der Waals surface area contributed by atoms with Crippen LogP contribution in [0.15, 0.2) is 12.3 Å². The smallest absolute Gasteiger partial charge is 0.291 e. The van der Waals surface area contributed by atoms with Crippen molar-refractivity contribution in [1.29, 1.82) is 0 Å². The highest BCUT2D eigenvalue weighted by atomic mass is 16.6. The van der Waals surface area contributed by atoms with Gasteiger partial charge in [0.25, 0.3) is 5.69 Å². The fourth-order valence-electron chi connectivity index (χ4n) is 1.81. The van der Waals surface area contributed by atoms with Crippen LogP contribution in [0.1, 0.15) is 24.1 Å². The fourth-order valence-corrected chi connectivity index (χ4v) is 1.81. The van der Waals surface area contributed by atoms with Crippen LogP contribution in [0, 0.1) is 23.0 Å². The molecule has 86 valence electrons. The van der Waals surface area contributed by atoms with Gasteiger partial charge in [-0.3, -0.25) is 15.1 Å². The molecule has 1 saturated carbocycles. The first-order chi connectivity index (χ1) is 7.58. The highest BCUT2D eigenvalue weighted by molar-refractivity contribution is 5.38. The number of nitrogens with zero attached hydrogens (tertiary/aromatic N) is 2. The Balaban J connectivity index is 2.21. The van der Waals surface area contributed by atoms with E-state index < -0.39 is 0 Å². The van der Waals surface area contributed by atoms with Gasteiger partial charge >= 0.3 is 0 Å². The van der Waals surface area contributed by atoms with Gasteiger partial charge < -0.3 is 5.73 Å². The number of aryl methyl sites for hydroxylation is 1. The van der Waals surface area contributed by atoms with Crippen molar-refractivity contribution < 1.29 is 4.92 Å². The molecule has 1 heterocycles. The van der Waals surface area contributed by atoms with Crippen LogP contribution in [0.2, 0.25) is 0 Å². The molecule has 0 saturated heterocycles. The molecule has 1 aliphatic carbocycles. The normalized spacial score (nSPS) is 17.1. The Morgan fingerprint density at radius 2 is 2.38 bits per heavy atom. The zero-order valence-electron chi connectivity index (χ0n) is 9.22. The molecule has 0 aliphatic heterocycles. The maximum atomic E-state index is 10.9. The molecule has 1 aliphatic rings. The molecule has 0 bridgehead atoms. The second kappa shape index (κ2) is 4.17. The topological polar surface area (TPSA) is 82.0 Å². The third kappa shape index (κ3) is 2.36. The van der Waals surface area contributed by atoms with Crippen molar-refractivity contribution in [3.05, 3.63) is 33.6 Å². The number of nitro groups is 1. The van der Waals surface area contributed by atoms with E-state index in [9.17, 15) is 10.1 Å². The van der Waals surface area contributed by atoms with Gasteiger partial charge in [-0.15, -0.1) is 0 Å². The van der Waals surface area contributed by atoms with E-state index in [4.69, 9.17) is 5.73 Å². The molecule has 1 aromatic rings. The van der Waals surface area contributed by atoms with Crippen molar-refractivity contribution in [2.75, 3.05) is 0 Å². The van der Waals surface area contributed by atoms with Crippen molar-refractivity contribution in [3.8, 4) is 0 Å². The zero-order chi connectivity index (χ0) is 11.7. The molecule has 5 nitrogen and oxygen atoms in total. The van der Waals surface area contributed by atoms with Crippen LogP contribution < -0.4 is 5.73 Å². The van der Waals surface area contributed by atoms with Gasteiger partial charge in [0.15, 0.2) is 0 Å². The van der Waals surface area contributed by atoms with Gasteiger partial charge in [-0.25, -0.2) is 0 Å². The average Bonchev–Trinajstić information content (AvgIpc) is 3.03. The summed E-state index contributed by atoms with van der Waals surface area (Å²) in [5, 5.41) is 10.9. The summed E-state index contributed by atoms with van der Waals surface area (Å²) in [5.41, 5.74) is 7.36. The van der Waals surface area contributed by atoms with Crippen LogP contribution in [0.3, 0.4) is 0 Å². The third-order valence-electron chi connectivity index (χ3n) is 2.94. The molecule has 5 heteroatoms. The van der Waals surface area contributed by atoms with Crippen LogP contribution >= 0.6 is 0 Å². The van der Waals surface area contributed by atoms with E-state index in [-0.39, 0.29) is 16.7 Å². The third-order valence-corrected chi connectivity index (χ3v) is 2.94. The first-order valence-electron chi connectivity index (χ1n) is 5.43. The van der Waals surface area contributed by atoms with Gasteiger partial charge in [-0.05, 0) is 31.2 Å². The quantitative estimate of drug-likeness (QED) is 0.618. The predicted molar refractivity (Wildman–Crippen MR) is 60.0 cm³/mol. The minimum Gasteiger partial charge on any atom is -0.327 e. The van der Waals surface area contributed by atoms with Gasteiger partial charge in [-0.2, -0.15) is 0 Å². The van der Waals surface area contributed by atoms with Gasteiger partial charge in [0.05, 0.1) is 4.92 Å². The minimum absolute atomic E-state index is 0.00825. The number of hydrogen-bond acceptors (Lipinski definition) is 4. The summed E-state index contributed by atoms with van der Waals surface area (Å²) in [6.45, 7) is 1.80. The van der Waals surface area contributed by atoms with Gasteiger partial charge in [0.1, 0.15) is 5.69 Å². The lowest BCUT2D eigenvalue weighted by Crippen LogP contribution is -2.26. The summed E-state index contributed by atoms with van der Waals surface area (Å²) in [7, 11) is 0.